The molecule has 0 heterocycles. The molecule has 0 aliphatic rings. The molecule has 0 saturated heterocycles. The maximum Gasteiger partial charge on any atom is 0.305 e. The number of aliphatic hydroxyl groups excluding tert-OH is 1. The van der Waals surface area contributed by atoms with E-state index >= 15 is 0 Å². The smallest absolute Gasteiger partial charge is 0.305 e. The summed E-state index contributed by atoms with van der Waals surface area (Å²) in [6, 6.07) is 0. The van der Waals surface area contributed by atoms with Gasteiger partial charge in [0.25, 0.3) is 0 Å². The number of rotatable bonds is 21. The first-order valence-electron chi connectivity index (χ1n) is 13.1. The predicted molar refractivity (Wildman–Crippen MR) is 131 cm³/mol. The van der Waals surface area contributed by atoms with E-state index in [1.54, 1.807) is 6.92 Å². The van der Waals surface area contributed by atoms with Crippen LogP contribution in [0.25, 0.3) is 0 Å². The van der Waals surface area contributed by atoms with Gasteiger partial charge in [-0.15, -0.1) is 0 Å². The van der Waals surface area contributed by atoms with E-state index in [4.69, 9.17) is 0 Å². The fraction of sp³-hybridized carbons (Fsp3) is 0.962. The van der Waals surface area contributed by atoms with E-state index in [1.807, 2.05) is 0 Å². The minimum Gasteiger partial charge on any atom is -0.469 e. The third kappa shape index (κ3) is 27.4. The normalized spacial score (nSPS) is 10.7. The van der Waals surface area contributed by atoms with Crippen LogP contribution < -0.4 is 0 Å². The molecular formula is C26H55NO3. The topological polar surface area (TPSA) is 49.8 Å². The van der Waals surface area contributed by atoms with Crippen LogP contribution >= 0.6 is 0 Å². The number of unbranched alkanes of at least 4 members (excludes halogenated alkanes) is 14. The summed E-state index contributed by atoms with van der Waals surface area (Å²) in [6.07, 6.45) is 22.6. The van der Waals surface area contributed by atoms with E-state index in [1.165, 1.54) is 123 Å². The Morgan fingerprint density at radius 3 is 1.27 bits per heavy atom. The van der Waals surface area contributed by atoms with E-state index in [-0.39, 0.29) is 5.97 Å². The molecule has 0 aliphatic heterocycles. The van der Waals surface area contributed by atoms with Crippen molar-refractivity contribution in [3.63, 3.8) is 0 Å². The predicted octanol–water partition coefficient (Wildman–Crippen LogP) is 7.13. The van der Waals surface area contributed by atoms with Crippen LogP contribution in [0.15, 0.2) is 0 Å². The van der Waals surface area contributed by atoms with Gasteiger partial charge in [-0.3, -0.25) is 4.79 Å². The van der Waals surface area contributed by atoms with E-state index in [2.05, 4.69) is 23.5 Å². The SMILES string of the molecule is CCC(=O)OC.CCCCCCCCCCN(CCO)CCCCCCCCCC. The second-order valence-corrected chi connectivity index (χ2v) is 8.44. The molecule has 0 aromatic heterocycles. The maximum atomic E-state index is 9.96. The van der Waals surface area contributed by atoms with Gasteiger partial charge in [-0.2, -0.15) is 0 Å². The number of hydrogen-bond donors (Lipinski definition) is 1. The number of esters is 1. The standard InChI is InChI=1S/C22H47NO.C4H8O2/c1-3-5-7-9-11-13-15-17-19-23(21-22-24)20-18-16-14-12-10-8-6-4-2;1-3-4(5)6-2/h24H,3-22H2,1-2H3;3H2,1-2H3. The Labute approximate surface area is 189 Å². The Morgan fingerprint density at radius 1 is 0.633 bits per heavy atom. The third-order valence-electron chi connectivity index (χ3n) is 5.59. The molecule has 4 heteroatoms. The molecule has 0 saturated carbocycles. The minimum atomic E-state index is -0.157. The van der Waals surface area contributed by atoms with E-state index < -0.39 is 0 Å². The molecule has 0 atom stereocenters. The lowest BCUT2D eigenvalue weighted by Crippen LogP contribution is -2.29. The molecule has 0 aliphatic carbocycles. The Hall–Kier alpha value is -0.610. The van der Waals surface area contributed by atoms with Gasteiger partial charge in [0.2, 0.25) is 0 Å². The van der Waals surface area contributed by atoms with Gasteiger partial charge in [-0.1, -0.05) is 111 Å². The Bertz CT molecular complexity index is 297. The van der Waals surface area contributed by atoms with Crippen molar-refractivity contribution in [1.82, 2.24) is 4.90 Å². The van der Waals surface area contributed by atoms with Gasteiger partial charge in [0, 0.05) is 13.0 Å². The van der Waals surface area contributed by atoms with Crippen molar-refractivity contribution in [2.75, 3.05) is 33.4 Å². The molecule has 0 rings (SSSR count). The number of hydrogen-bond acceptors (Lipinski definition) is 4. The summed E-state index contributed by atoms with van der Waals surface area (Å²) >= 11 is 0. The Morgan fingerprint density at radius 2 is 1.00 bits per heavy atom. The number of aliphatic hydroxyl groups is 1. The Balaban J connectivity index is 0. The van der Waals surface area contributed by atoms with Gasteiger partial charge in [-0.05, 0) is 25.9 Å². The van der Waals surface area contributed by atoms with Crippen molar-refractivity contribution in [2.45, 2.75) is 130 Å². The zero-order chi connectivity index (χ0) is 22.7. The number of carbonyl (C=O) groups is 1. The van der Waals surface area contributed by atoms with Crippen LogP contribution in [0, 0.1) is 0 Å². The van der Waals surface area contributed by atoms with Crippen LogP contribution in [-0.4, -0.2) is 49.3 Å². The monoisotopic (exact) mass is 429 g/mol. The van der Waals surface area contributed by atoms with Gasteiger partial charge in [-0.25, -0.2) is 0 Å². The van der Waals surface area contributed by atoms with Gasteiger partial charge in [0.15, 0.2) is 0 Å². The highest BCUT2D eigenvalue weighted by molar-refractivity contribution is 5.68. The first kappa shape index (κ1) is 31.6. The van der Waals surface area contributed by atoms with Gasteiger partial charge in [0.05, 0.1) is 13.7 Å². The van der Waals surface area contributed by atoms with Crippen molar-refractivity contribution in [1.29, 1.82) is 0 Å². The van der Waals surface area contributed by atoms with Crippen molar-refractivity contribution in [3.05, 3.63) is 0 Å². The van der Waals surface area contributed by atoms with E-state index in [0.29, 0.717) is 13.0 Å². The number of methoxy groups -OCH3 is 1. The van der Waals surface area contributed by atoms with Crippen molar-refractivity contribution in [3.8, 4) is 0 Å². The highest BCUT2D eigenvalue weighted by Crippen LogP contribution is 2.11. The molecule has 0 unspecified atom stereocenters. The molecule has 4 nitrogen and oxygen atoms in total. The lowest BCUT2D eigenvalue weighted by Gasteiger charge is -2.21. The molecule has 30 heavy (non-hydrogen) atoms. The maximum absolute atomic E-state index is 9.96. The zero-order valence-corrected chi connectivity index (χ0v) is 21.1. The molecule has 0 fully saturated rings. The average Bonchev–Trinajstić information content (AvgIpc) is 2.77. The molecule has 0 bridgehead atoms. The van der Waals surface area contributed by atoms with Crippen LogP contribution in [0.5, 0.6) is 0 Å². The fourth-order valence-electron chi connectivity index (χ4n) is 3.56. The second kappa shape index (κ2) is 28.4. The summed E-state index contributed by atoms with van der Waals surface area (Å²) < 4.78 is 4.26. The third-order valence-corrected chi connectivity index (χ3v) is 5.59. The summed E-state index contributed by atoms with van der Waals surface area (Å²) in [5.74, 6) is -0.157. The lowest BCUT2D eigenvalue weighted by molar-refractivity contribution is -0.140. The molecule has 182 valence electrons. The molecule has 1 N–H and O–H groups in total. The van der Waals surface area contributed by atoms with Gasteiger partial charge < -0.3 is 14.7 Å². The van der Waals surface area contributed by atoms with E-state index in [0.717, 1.165) is 6.54 Å². The van der Waals surface area contributed by atoms with Crippen molar-refractivity contribution in [2.24, 2.45) is 0 Å². The second-order valence-electron chi connectivity index (χ2n) is 8.44. The average molecular weight is 430 g/mol. The number of nitrogens with zero attached hydrogens (tertiary/aromatic N) is 1. The molecule has 0 spiro atoms. The minimum absolute atomic E-state index is 0.157. The van der Waals surface area contributed by atoms with Crippen LogP contribution in [0.4, 0.5) is 0 Å². The summed E-state index contributed by atoms with van der Waals surface area (Å²) in [7, 11) is 1.38. The van der Waals surface area contributed by atoms with Crippen LogP contribution in [0.2, 0.25) is 0 Å². The highest BCUT2D eigenvalue weighted by Gasteiger charge is 2.04. The van der Waals surface area contributed by atoms with Crippen LogP contribution in [-0.2, 0) is 9.53 Å². The lowest BCUT2D eigenvalue weighted by atomic mass is 10.1. The summed E-state index contributed by atoms with van der Waals surface area (Å²) in [5.41, 5.74) is 0. The summed E-state index contributed by atoms with van der Waals surface area (Å²) in [5, 5.41) is 9.24. The summed E-state index contributed by atoms with van der Waals surface area (Å²) in [4.78, 5) is 12.4. The van der Waals surface area contributed by atoms with Crippen LogP contribution in [0.1, 0.15) is 130 Å². The van der Waals surface area contributed by atoms with E-state index in [9.17, 15) is 9.90 Å². The van der Waals surface area contributed by atoms with Crippen molar-refractivity contribution < 1.29 is 14.6 Å². The molecule has 0 radical (unpaired) electrons. The Kier molecular flexibility index (Phi) is 29.9. The zero-order valence-electron chi connectivity index (χ0n) is 21.1. The van der Waals surface area contributed by atoms with Gasteiger partial charge >= 0.3 is 5.97 Å². The van der Waals surface area contributed by atoms with Crippen molar-refractivity contribution >= 4 is 5.97 Å². The molecule has 0 aromatic rings. The molecular weight excluding hydrogens is 374 g/mol. The molecule has 0 amide bonds. The molecule has 0 aromatic carbocycles. The highest BCUT2D eigenvalue weighted by atomic mass is 16.5. The first-order valence-corrected chi connectivity index (χ1v) is 13.1. The fourth-order valence-corrected chi connectivity index (χ4v) is 3.56. The summed E-state index contributed by atoms with van der Waals surface area (Å²) in [6.45, 7) is 9.87. The first-order chi connectivity index (χ1) is 14.7. The largest absolute Gasteiger partial charge is 0.469 e. The number of carbonyl (C=O) groups excluding carboxylic acids is 1. The quantitative estimate of drug-likeness (QED) is 0.156. The van der Waals surface area contributed by atoms with Gasteiger partial charge in [0.1, 0.15) is 0 Å². The van der Waals surface area contributed by atoms with Crippen LogP contribution in [0.3, 0.4) is 0 Å². The number of ether oxygens (including phenoxy) is 1.